The summed E-state index contributed by atoms with van der Waals surface area (Å²) in [6.45, 7) is 3.86. The summed E-state index contributed by atoms with van der Waals surface area (Å²) in [6.07, 6.45) is 0.684. The Morgan fingerprint density at radius 1 is 1.00 bits per heavy atom. The molecule has 2 aliphatic rings. The molecule has 26 heavy (non-hydrogen) atoms. The van der Waals surface area contributed by atoms with Crippen molar-refractivity contribution in [2.45, 2.75) is 26.7 Å². The topological polar surface area (TPSA) is 114 Å². The molecule has 0 saturated carbocycles. The lowest BCUT2D eigenvalue weighted by Gasteiger charge is -2.29. The Labute approximate surface area is 150 Å². The number of allylic oxidation sites excluding steroid dienone is 2. The van der Waals surface area contributed by atoms with Crippen LogP contribution in [-0.4, -0.2) is 29.7 Å². The van der Waals surface area contributed by atoms with Crippen LogP contribution in [0.4, 0.5) is 0 Å². The average Bonchev–Trinajstić information content (AvgIpc) is 3.08. The van der Waals surface area contributed by atoms with Crippen molar-refractivity contribution in [2.75, 3.05) is 6.79 Å². The first kappa shape index (κ1) is 17.8. The molecule has 3 N–H and O–H groups in total. The van der Waals surface area contributed by atoms with Crippen molar-refractivity contribution in [3.05, 3.63) is 34.9 Å². The molecular formula is C18H20N2O6. The highest BCUT2D eigenvalue weighted by Crippen LogP contribution is 2.34. The number of benzene rings is 1. The van der Waals surface area contributed by atoms with Crippen LogP contribution in [0.25, 0.3) is 0 Å². The lowest BCUT2D eigenvalue weighted by Crippen LogP contribution is -2.48. The van der Waals surface area contributed by atoms with Crippen molar-refractivity contribution < 1.29 is 29.0 Å². The van der Waals surface area contributed by atoms with Gasteiger partial charge < -0.3 is 14.6 Å². The second-order valence-corrected chi connectivity index (χ2v) is 6.53. The number of rotatable bonds is 3. The maximum Gasteiger partial charge on any atom is 0.307 e. The van der Waals surface area contributed by atoms with E-state index in [4.69, 9.17) is 9.47 Å². The Morgan fingerprint density at radius 3 is 2.35 bits per heavy atom. The number of carbonyl (C=O) groups excluding carboxylic acids is 2. The van der Waals surface area contributed by atoms with Gasteiger partial charge in [-0.25, -0.2) is 0 Å². The third kappa shape index (κ3) is 3.49. The number of carboxylic acids is 1. The van der Waals surface area contributed by atoms with Crippen molar-refractivity contribution in [1.29, 1.82) is 0 Å². The average molecular weight is 360 g/mol. The number of fused-ring (bicyclic) bond motifs is 1. The third-order valence-electron chi connectivity index (χ3n) is 4.85. The quantitative estimate of drug-likeness (QED) is 0.558. The van der Waals surface area contributed by atoms with E-state index >= 15 is 0 Å². The highest BCUT2D eigenvalue weighted by molar-refractivity contribution is 5.96. The predicted octanol–water partition coefficient (Wildman–Crippen LogP) is 1.62. The normalized spacial score (nSPS) is 21.3. The van der Waals surface area contributed by atoms with Crippen LogP contribution in [0.3, 0.4) is 0 Å². The summed E-state index contributed by atoms with van der Waals surface area (Å²) in [7, 11) is 0. The van der Waals surface area contributed by atoms with Crippen molar-refractivity contribution in [2.24, 2.45) is 11.8 Å². The van der Waals surface area contributed by atoms with Crippen LogP contribution >= 0.6 is 0 Å². The summed E-state index contributed by atoms with van der Waals surface area (Å²) in [5, 5.41) is 9.39. The van der Waals surface area contributed by atoms with Gasteiger partial charge in [-0.05, 0) is 44.9 Å². The number of hydrogen-bond donors (Lipinski definition) is 3. The van der Waals surface area contributed by atoms with Gasteiger partial charge in [-0.2, -0.15) is 0 Å². The molecule has 1 heterocycles. The van der Waals surface area contributed by atoms with Crippen LogP contribution in [-0.2, 0) is 9.59 Å². The number of hydrogen-bond acceptors (Lipinski definition) is 5. The lowest BCUT2D eigenvalue weighted by molar-refractivity contribution is -0.147. The molecule has 0 unspecified atom stereocenters. The Bertz CT molecular complexity index is 801. The maximum absolute atomic E-state index is 12.4. The van der Waals surface area contributed by atoms with Crippen molar-refractivity contribution in [3.8, 4) is 11.5 Å². The largest absolute Gasteiger partial charge is 0.481 e. The second kappa shape index (κ2) is 7.07. The van der Waals surface area contributed by atoms with E-state index < -0.39 is 29.6 Å². The monoisotopic (exact) mass is 360 g/mol. The smallest absolute Gasteiger partial charge is 0.307 e. The van der Waals surface area contributed by atoms with Crippen molar-refractivity contribution >= 4 is 17.8 Å². The minimum Gasteiger partial charge on any atom is -0.481 e. The summed E-state index contributed by atoms with van der Waals surface area (Å²) in [5.41, 5.74) is 6.96. The van der Waals surface area contributed by atoms with E-state index in [9.17, 15) is 19.5 Å². The van der Waals surface area contributed by atoms with Gasteiger partial charge in [0.25, 0.3) is 5.91 Å². The van der Waals surface area contributed by atoms with Crippen LogP contribution in [0.1, 0.15) is 37.0 Å². The minimum absolute atomic E-state index is 0.0989. The maximum atomic E-state index is 12.4. The number of hydrazine groups is 1. The van der Waals surface area contributed by atoms with Crippen LogP contribution in [0.2, 0.25) is 0 Å². The van der Waals surface area contributed by atoms with E-state index in [1.165, 1.54) is 6.07 Å². The van der Waals surface area contributed by atoms with E-state index in [0.29, 0.717) is 29.9 Å². The van der Waals surface area contributed by atoms with Gasteiger partial charge in [-0.1, -0.05) is 11.1 Å². The molecule has 2 amide bonds. The van der Waals surface area contributed by atoms with Gasteiger partial charge in [0.15, 0.2) is 11.5 Å². The van der Waals surface area contributed by atoms with Gasteiger partial charge in [-0.15, -0.1) is 0 Å². The van der Waals surface area contributed by atoms with Crippen LogP contribution < -0.4 is 20.3 Å². The van der Waals surface area contributed by atoms with Gasteiger partial charge in [0.05, 0.1) is 11.8 Å². The van der Waals surface area contributed by atoms with E-state index in [2.05, 4.69) is 10.9 Å². The number of nitrogens with one attached hydrogen (secondary N) is 2. The number of carbonyl (C=O) groups is 3. The molecule has 1 aromatic rings. The van der Waals surface area contributed by atoms with Gasteiger partial charge in [-0.3, -0.25) is 25.2 Å². The molecule has 0 fully saturated rings. The highest BCUT2D eigenvalue weighted by atomic mass is 16.7. The Balaban J connectivity index is 1.64. The van der Waals surface area contributed by atoms with Gasteiger partial charge >= 0.3 is 5.97 Å². The fourth-order valence-corrected chi connectivity index (χ4v) is 3.15. The molecule has 8 heteroatoms. The zero-order valence-corrected chi connectivity index (χ0v) is 14.5. The molecule has 0 saturated heterocycles. The van der Waals surface area contributed by atoms with E-state index in [1.54, 1.807) is 12.1 Å². The fourth-order valence-electron chi connectivity index (χ4n) is 3.15. The zero-order chi connectivity index (χ0) is 18.8. The summed E-state index contributed by atoms with van der Waals surface area (Å²) in [4.78, 5) is 36.1. The standard InChI is InChI=1S/C18H20N2O6/c1-9-5-12(13(18(23)24)6-10(9)2)17(22)20-19-16(21)11-3-4-14-15(7-11)26-8-25-14/h3-4,7,12-13H,5-6,8H2,1-2H3,(H,19,21)(H,20,22)(H,23,24)/t12-,13-/m1/s1. The molecule has 138 valence electrons. The lowest BCUT2D eigenvalue weighted by atomic mass is 9.76. The van der Waals surface area contributed by atoms with Crippen molar-refractivity contribution in [3.63, 3.8) is 0 Å². The zero-order valence-electron chi connectivity index (χ0n) is 14.5. The molecule has 0 spiro atoms. The van der Waals surface area contributed by atoms with Gasteiger partial charge in [0.2, 0.25) is 12.7 Å². The molecule has 2 atom stereocenters. The molecule has 3 rings (SSSR count). The first-order valence-corrected chi connectivity index (χ1v) is 8.24. The summed E-state index contributed by atoms with van der Waals surface area (Å²) < 4.78 is 10.4. The SMILES string of the molecule is CC1=C(C)C[C@@H](C(=O)NNC(=O)c2ccc3c(c2)OCO3)[C@H](C(=O)O)C1. The molecule has 8 nitrogen and oxygen atoms in total. The van der Waals surface area contributed by atoms with Crippen molar-refractivity contribution in [1.82, 2.24) is 10.9 Å². The Hall–Kier alpha value is -3.03. The number of aliphatic carboxylic acids is 1. The van der Waals surface area contributed by atoms with E-state index in [-0.39, 0.29) is 6.79 Å². The molecular weight excluding hydrogens is 340 g/mol. The number of carboxylic acid groups (broad SMARTS) is 1. The first-order valence-electron chi connectivity index (χ1n) is 8.24. The molecule has 0 aromatic heterocycles. The molecule has 1 aromatic carbocycles. The highest BCUT2D eigenvalue weighted by Gasteiger charge is 2.37. The van der Waals surface area contributed by atoms with E-state index in [1.807, 2.05) is 13.8 Å². The summed E-state index contributed by atoms with van der Waals surface area (Å²) >= 11 is 0. The van der Waals surface area contributed by atoms with Gasteiger partial charge in [0, 0.05) is 5.56 Å². The molecule has 0 bridgehead atoms. The van der Waals surface area contributed by atoms with Crippen LogP contribution in [0.15, 0.2) is 29.3 Å². The Morgan fingerprint density at radius 2 is 1.65 bits per heavy atom. The molecule has 0 radical (unpaired) electrons. The molecule has 1 aliphatic carbocycles. The van der Waals surface area contributed by atoms with Gasteiger partial charge in [0.1, 0.15) is 0 Å². The fraction of sp³-hybridized carbons (Fsp3) is 0.389. The third-order valence-corrected chi connectivity index (χ3v) is 4.85. The van der Waals surface area contributed by atoms with Crippen LogP contribution in [0.5, 0.6) is 11.5 Å². The van der Waals surface area contributed by atoms with Crippen LogP contribution in [0, 0.1) is 11.8 Å². The minimum atomic E-state index is -1.01. The number of amides is 2. The Kier molecular flexibility index (Phi) is 4.83. The number of ether oxygens (including phenoxy) is 2. The first-order chi connectivity index (χ1) is 12.4. The molecule has 1 aliphatic heterocycles. The van der Waals surface area contributed by atoms with E-state index in [0.717, 1.165) is 11.1 Å². The second-order valence-electron chi connectivity index (χ2n) is 6.53. The summed E-state index contributed by atoms with van der Waals surface area (Å²) in [5.74, 6) is -2.58. The summed E-state index contributed by atoms with van der Waals surface area (Å²) in [6, 6.07) is 4.67. The predicted molar refractivity (Wildman–Crippen MR) is 90.4 cm³/mol.